The van der Waals surface area contributed by atoms with Gasteiger partial charge in [0.2, 0.25) is 0 Å². The van der Waals surface area contributed by atoms with E-state index >= 15 is 0 Å². The Hall–Kier alpha value is -0.260. The summed E-state index contributed by atoms with van der Waals surface area (Å²) >= 11 is 0. The van der Waals surface area contributed by atoms with Crippen LogP contribution in [-0.2, 0) is 0 Å². The fraction of sp³-hybridized carbons (Fsp3) is 0.909. The Morgan fingerprint density at radius 3 is 2.45 bits per heavy atom. The molecule has 0 bridgehead atoms. The van der Waals surface area contributed by atoms with E-state index in [1.165, 1.54) is 56.9 Å². The van der Waals surface area contributed by atoms with Gasteiger partial charge < -0.3 is 0 Å². The molecule has 0 heteroatoms. The minimum Gasteiger partial charge on any atom is -0.0996 e. The molecule has 7 atom stereocenters. The first-order chi connectivity index (χ1) is 10.3. The Morgan fingerprint density at radius 2 is 1.82 bits per heavy atom. The minimum absolute atomic E-state index is 0.404. The van der Waals surface area contributed by atoms with Crippen LogP contribution in [0.15, 0.2) is 12.2 Å². The molecule has 0 aromatic carbocycles. The molecular formula is C22H38. The molecule has 3 fully saturated rings. The summed E-state index contributed by atoms with van der Waals surface area (Å²) < 4.78 is 0. The van der Waals surface area contributed by atoms with Crippen molar-refractivity contribution >= 4 is 0 Å². The van der Waals surface area contributed by atoms with Crippen molar-refractivity contribution in [2.75, 3.05) is 0 Å². The molecule has 0 saturated heterocycles. The molecule has 0 N–H and O–H groups in total. The molecule has 0 aromatic heterocycles. The van der Waals surface area contributed by atoms with Gasteiger partial charge in [-0.2, -0.15) is 0 Å². The fourth-order valence-electron chi connectivity index (χ4n) is 7.08. The van der Waals surface area contributed by atoms with Crippen molar-refractivity contribution in [2.24, 2.45) is 40.4 Å². The fourth-order valence-corrected chi connectivity index (χ4v) is 7.08. The van der Waals surface area contributed by atoms with Crippen LogP contribution in [-0.4, -0.2) is 0 Å². The van der Waals surface area contributed by atoms with Crippen LogP contribution in [0.5, 0.6) is 0 Å². The molecule has 0 aliphatic heterocycles. The van der Waals surface area contributed by atoms with E-state index in [0.717, 1.165) is 29.6 Å². The second-order valence-corrected chi connectivity index (χ2v) is 9.68. The normalized spacial score (nSPS) is 51.8. The zero-order valence-electron chi connectivity index (χ0n) is 15.8. The number of hydrogen-bond acceptors (Lipinski definition) is 0. The lowest BCUT2D eigenvalue weighted by Gasteiger charge is -2.61. The largest absolute Gasteiger partial charge is 0.0996 e. The van der Waals surface area contributed by atoms with Crippen LogP contribution >= 0.6 is 0 Å². The summed E-state index contributed by atoms with van der Waals surface area (Å²) in [6.45, 7) is 16.8. The first-order valence-corrected chi connectivity index (χ1v) is 9.99. The summed E-state index contributed by atoms with van der Waals surface area (Å²) in [6.07, 6.45) is 11.7. The van der Waals surface area contributed by atoms with Gasteiger partial charge in [0.05, 0.1) is 0 Å². The summed E-state index contributed by atoms with van der Waals surface area (Å²) in [6, 6.07) is 0. The van der Waals surface area contributed by atoms with Crippen LogP contribution in [0.25, 0.3) is 0 Å². The first-order valence-electron chi connectivity index (χ1n) is 9.99. The molecule has 3 saturated carbocycles. The third kappa shape index (κ3) is 2.31. The predicted octanol–water partition coefficient (Wildman–Crippen LogP) is 6.86. The van der Waals surface area contributed by atoms with Gasteiger partial charge in [-0.15, -0.1) is 0 Å². The second kappa shape index (κ2) is 5.67. The number of fused-ring (bicyclic) bond motifs is 3. The van der Waals surface area contributed by atoms with Gasteiger partial charge >= 0.3 is 0 Å². The third-order valence-corrected chi connectivity index (χ3v) is 8.73. The molecule has 0 radical (unpaired) electrons. The summed E-state index contributed by atoms with van der Waals surface area (Å²) in [5.41, 5.74) is 2.50. The Morgan fingerprint density at radius 1 is 1.09 bits per heavy atom. The van der Waals surface area contributed by atoms with E-state index in [-0.39, 0.29) is 0 Å². The molecule has 22 heavy (non-hydrogen) atoms. The third-order valence-electron chi connectivity index (χ3n) is 8.73. The molecule has 7 unspecified atom stereocenters. The van der Waals surface area contributed by atoms with Crippen LogP contribution in [0.2, 0.25) is 0 Å². The van der Waals surface area contributed by atoms with Crippen molar-refractivity contribution < 1.29 is 0 Å². The van der Waals surface area contributed by atoms with Crippen molar-refractivity contribution in [1.29, 1.82) is 0 Å². The summed E-state index contributed by atoms with van der Waals surface area (Å²) in [5.74, 6) is 4.83. The lowest BCUT2D eigenvalue weighted by Crippen LogP contribution is -2.53. The molecular weight excluding hydrogens is 264 g/mol. The zero-order chi connectivity index (χ0) is 16.1. The average Bonchev–Trinajstić information content (AvgIpc) is 2.47. The quantitative estimate of drug-likeness (QED) is 0.489. The summed E-state index contributed by atoms with van der Waals surface area (Å²) in [7, 11) is 0. The second-order valence-electron chi connectivity index (χ2n) is 9.68. The summed E-state index contributed by atoms with van der Waals surface area (Å²) in [4.78, 5) is 0. The van der Waals surface area contributed by atoms with Crippen molar-refractivity contribution in [3.05, 3.63) is 12.2 Å². The number of rotatable bonds is 2. The maximum absolute atomic E-state index is 4.40. The lowest BCUT2D eigenvalue weighted by atomic mass is 9.43. The predicted molar refractivity (Wildman–Crippen MR) is 96.8 cm³/mol. The van der Waals surface area contributed by atoms with E-state index in [2.05, 4.69) is 41.2 Å². The van der Waals surface area contributed by atoms with E-state index in [4.69, 9.17) is 0 Å². The highest BCUT2D eigenvalue weighted by Gasteiger charge is 2.56. The zero-order valence-corrected chi connectivity index (χ0v) is 15.8. The maximum atomic E-state index is 4.40. The topological polar surface area (TPSA) is 0 Å². The lowest BCUT2D eigenvalue weighted by molar-refractivity contribution is -0.111. The highest BCUT2D eigenvalue weighted by atomic mass is 14.6. The van der Waals surface area contributed by atoms with E-state index < -0.39 is 0 Å². The smallest absolute Gasteiger partial charge is 0.00908 e. The van der Waals surface area contributed by atoms with Crippen molar-refractivity contribution in [3.8, 4) is 0 Å². The molecule has 3 aliphatic carbocycles. The summed E-state index contributed by atoms with van der Waals surface area (Å²) in [5, 5.41) is 0. The maximum Gasteiger partial charge on any atom is -0.00908 e. The Kier molecular flexibility index (Phi) is 4.28. The van der Waals surface area contributed by atoms with Crippen LogP contribution in [0, 0.1) is 40.4 Å². The molecule has 3 aliphatic rings. The Labute approximate surface area is 139 Å². The Balaban J connectivity index is 1.89. The van der Waals surface area contributed by atoms with E-state index in [9.17, 15) is 0 Å². The average molecular weight is 303 g/mol. The van der Waals surface area contributed by atoms with Crippen LogP contribution in [0.4, 0.5) is 0 Å². The van der Waals surface area contributed by atoms with Crippen LogP contribution in [0.3, 0.4) is 0 Å². The highest BCUT2D eigenvalue weighted by molar-refractivity contribution is 5.14. The van der Waals surface area contributed by atoms with Crippen molar-refractivity contribution in [1.82, 2.24) is 0 Å². The number of allylic oxidation sites excluding steroid dienone is 1. The van der Waals surface area contributed by atoms with E-state index in [1.54, 1.807) is 0 Å². The van der Waals surface area contributed by atoms with Crippen LogP contribution in [0.1, 0.15) is 86.0 Å². The minimum atomic E-state index is 0.404. The van der Waals surface area contributed by atoms with Gasteiger partial charge in [-0.05, 0) is 85.9 Å². The van der Waals surface area contributed by atoms with Crippen molar-refractivity contribution in [2.45, 2.75) is 86.0 Å². The number of hydrogen-bond donors (Lipinski definition) is 0. The van der Waals surface area contributed by atoms with Gasteiger partial charge in [-0.3, -0.25) is 0 Å². The van der Waals surface area contributed by atoms with Crippen LogP contribution < -0.4 is 0 Å². The molecule has 3 rings (SSSR count). The van der Waals surface area contributed by atoms with Gasteiger partial charge in [0.1, 0.15) is 0 Å². The molecule has 0 spiro atoms. The van der Waals surface area contributed by atoms with E-state index in [1.807, 2.05) is 0 Å². The standard InChI is InChI=1S/C22H38/c1-7-19-18-9-8-17-14-16(4)10-12-22(17,6)20(18)11-13-21(19,5)15(2)3/h16-20H,2,7-14H2,1,3-6H3. The monoisotopic (exact) mass is 302 g/mol. The highest BCUT2D eigenvalue weighted by Crippen LogP contribution is 2.64. The van der Waals surface area contributed by atoms with Gasteiger partial charge in [0, 0.05) is 0 Å². The molecule has 126 valence electrons. The Bertz CT molecular complexity index is 435. The molecule has 0 heterocycles. The SMILES string of the molecule is C=C(C)C1(C)CCC2C(CCC3CC(C)CCC32C)C1CC. The molecule has 0 aromatic rings. The van der Waals surface area contributed by atoms with Gasteiger partial charge in [0.15, 0.2) is 0 Å². The molecule has 0 nitrogen and oxygen atoms in total. The van der Waals surface area contributed by atoms with Crippen molar-refractivity contribution in [3.63, 3.8) is 0 Å². The first kappa shape index (κ1) is 16.6. The molecule has 0 amide bonds. The van der Waals surface area contributed by atoms with Gasteiger partial charge in [-0.25, -0.2) is 0 Å². The van der Waals surface area contributed by atoms with E-state index in [0.29, 0.717) is 10.8 Å². The van der Waals surface area contributed by atoms with Gasteiger partial charge in [-0.1, -0.05) is 52.7 Å². The van der Waals surface area contributed by atoms with Gasteiger partial charge in [0.25, 0.3) is 0 Å².